The second-order valence-electron chi connectivity index (χ2n) is 11.1. The molecule has 1 aliphatic rings. The van der Waals surface area contributed by atoms with Gasteiger partial charge in [0.15, 0.2) is 12.4 Å². The number of esters is 1. The third-order valence-electron chi connectivity index (χ3n) is 7.73. The lowest BCUT2D eigenvalue weighted by Crippen LogP contribution is -2.35. The van der Waals surface area contributed by atoms with Gasteiger partial charge in [0.1, 0.15) is 5.75 Å². The van der Waals surface area contributed by atoms with Crippen LogP contribution in [-0.4, -0.2) is 42.1 Å². The van der Waals surface area contributed by atoms with E-state index < -0.39 is 18.4 Å². The second kappa shape index (κ2) is 15.9. The third-order valence-corrected chi connectivity index (χ3v) is 8.92. The van der Waals surface area contributed by atoms with Crippen LogP contribution in [0, 0.1) is 0 Å². The summed E-state index contributed by atoms with van der Waals surface area (Å²) in [6.07, 6.45) is -0.972. The molecule has 0 radical (unpaired) electrons. The second-order valence-corrected chi connectivity index (χ2v) is 12.2. The Morgan fingerprint density at radius 2 is 1.65 bits per heavy atom. The van der Waals surface area contributed by atoms with Crippen LogP contribution in [0.4, 0.5) is 0 Å². The number of rotatable bonds is 12. The SMILES string of the molecule is COc1ccccc1SC[C@@H]1C[C@H](c2ccc(CO)cc2)O[C@H](c2ccc(-c3cccc(CNC(=O)[C@H](C)OC(C)=O)c3)cc2)O1. The van der Waals surface area contributed by atoms with Gasteiger partial charge in [-0.1, -0.05) is 78.9 Å². The van der Waals surface area contributed by atoms with Crippen LogP contribution in [0.25, 0.3) is 11.1 Å². The minimum absolute atomic E-state index is 0.00506. The van der Waals surface area contributed by atoms with E-state index in [4.69, 9.17) is 18.9 Å². The molecule has 4 aromatic carbocycles. The predicted molar refractivity (Wildman–Crippen MR) is 177 cm³/mol. The molecule has 240 valence electrons. The highest BCUT2D eigenvalue weighted by molar-refractivity contribution is 7.99. The van der Waals surface area contributed by atoms with E-state index in [2.05, 4.69) is 11.4 Å². The summed E-state index contributed by atoms with van der Waals surface area (Å²) in [6, 6.07) is 31.9. The predicted octanol–water partition coefficient (Wildman–Crippen LogP) is 6.76. The highest BCUT2D eigenvalue weighted by Gasteiger charge is 2.32. The van der Waals surface area contributed by atoms with Crippen molar-refractivity contribution in [2.45, 2.75) is 62.9 Å². The van der Waals surface area contributed by atoms with E-state index in [-0.39, 0.29) is 24.7 Å². The lowest BCUT2D eigenvalue weighted by molar-refractivity contribution is -0.245. The summed E-state index contributed by atoms with van der Waals surface area (Å²) in [7, 11) is 1.68. The molecular weight excluding hydrogens is 602 g/mol. The van der Waals surface area contributed by atoms with Crippen molar-refractivity contribution in [3.05, 3.63) is 119 Å². The number of para-hydroxylation sites is 1. The first-order chi connectivity index (χ1) is 22.3. The maximum absolute atomic E-state index is 12.3. The molecule has 4 atom stereocenters. The Bertz CT molecular complexity index is 1610. The molecule has 0 aliphatic carbocycles. The van der Waals surface area contributed by atoms with E-state index in [0.717, 1.165) is 49.8 Å². The van der Waals surface area contributed by atoms with Crippen LogP contribution in [-0.2, 0) is 37.0 Å². The van der Waals surface area contributed by atoms with E-state index >= 15 is 0 Å². The highest BCUT2D eigenvalue weighted by Crippen LogP contribution is 2.40. The van der Waals surface area contributed by atoms with Gasteiger partial charge in [-0.15, -0.1) is 11.8 Å². The number of methoxy groups -OCH3 is 1. The molecule has 1 heterocycles. The van der Waals surface area contributed by atoms with Crippen molar-refractivity contribution < 1.29 is 33.6 Å². The number of benzene rings is 4. The Hall–Kier alpha value is -4.15. The average Bonchev–Trinajstić information content (AvgIpc) is 3.09. The van der Waals surface area contributed by atoms with Crippen molar-refractivity contribution in [2.24, 2.45) is 0 Å². The molecule has 0 aromatic heterocycles. The molecule has 2 N–H and O–H groups in total. The molecule has 5 rings (SSSR count). The van der Waals surface area contributed by atoms with Crippen molar-refractivity contribution >= 4 is 23.6 Å². The molecule has 0 saturated carbocycles. The minimum Gasteiger partial charge on any atom is -0.496 e. The van der Waals surface area contributed by atoms with E-state index in [1.807, 2.05) is 91.0 Å². The van der Waals surface area contributed by atoms with Gasteiger partial charge in [-0.3, -0.25) is 9.59 Å². The fourth-order valence-electron chi connectivity index (χ4n) is 5.27. The van der Waals surface area contributed by atoms with Gasteiger partial charge >= 0.3 is 5.97 Å². The van der Waals surface area contributed by atoms with Crippen LogP contribution < -0.4 is 10.1 Å². The van der Waals surface area contributed by atoms with Gasteiger partial charge in [0, 0.05) is 36.1 Å². The van der Waals surface area contributed by atoms with Gasteiger partial charge in [0.05, 0.1) is 25.9 Å². The van der Waals surface area contributed by atoms with Crippen LogP contribution in [0.2, 0.25) is 0 Å². The van der Waals surface area contributed by atoms with Gasteiger partial charge in [-0.05, 0) is 52.9 Å². The maximum atomic E-state index is 12.3. The number of amides is 1. The largest absolute Gasteiger partial charge is 0.496 e. The van der Waals surface area contributed by atoms with Crippen LogP contribution in [0.5, 0.6) is 5.75 Å². The molecule has 46 heavy (non-hydrogen) atoms. The molecule has 0 spiro atoms. The summed E-state index contributed by atoms with van der Waals surface area (Å²) in [5, 5.41) is 12.3. The number of aliphatic hydroxyl groups is 1. The fraction of sp³-hybridized carbons (Fsp3) is 0.297. The van der Waals surface area contributed by atoms with Crippen molar-refractivity contribution in [1.82, 2.24) is 5.32 Å². The number of carbonyl (C=O) groups excluding carboxylic acids is 2. The summed E-state index contributed by atoms with van der Waals surface area (Å²) >= 11 is 1.70. The Morgan fingerprint density at radius 1 is 0.913 bits per heavy atom. The number of aliphatic hydroxyl groups excluding tert-OH is 1. The molecule has 0 bridgehead atoms. The van der Waals surface area contributed by atoms with E-state index in [1.165, 1.54) is 6.92 Å². The first-order valence-electron chi connectivity index (χ1n) is 15.2. The molecule has 4 aromatic rings. The van der Waals surface area contributed by atoms with Gasteiger partial charge in [0.2, 0.25) is 0 Å². The van der Waals surface area contributed by atoms with E-state index in [0.29, 0.717) is 13.0 Å². The first-order valence-corrected chi connectivity index (χ1v) is 16.2. The summed E-state index contributed by atoms with van der Waals surface area (Å²) in [5.41, 5.74) is 5.75. The Kier molecular flexibility index (Phi) is 11.5. The number of nitrogens with one attached hydrogen (secondary N) is 1. The monoisotopic (exact) mass is 641 g/mol. The zero-order valence-corrected chi connectivity index (χ0v) is 27.0. The zero-order chi connectivity index (χ0) is 32.5. The number of hydrogen-bond acceptors (Lipinski definition) is 8. The van der Waals surface area contributed by atoms with E-state index in [9.17, 15) is 14.7 Å². The Labute approximate surface area is 274 Å². The van der Waals surface area contributed by atoms with Crippen LogP contribution >= 0.6 is 11.8 Å². The lowest BCUT2D eigenvalue weighted by Gasteiger charge is -2.36. The summed E-state index contributed by atoms with van der Waals surface area (Å²) < 4.78 is 23.6. The molecule has 9 heteroatoms. The first kappa shape index (κ1) is 33.2. The Morgan fingerprint density at radius 3 is 2.37 bits per heavy atom. The van der Waals surface area contributed by atoms with Crippen LogP contribution in [0.1, 0.15) is 54.9 Å². The molecule has 1 saturated heterocycles. The van der Waals surface area contributed by atoms with Crippen molar-refractivity contribution in [3.8, 4) is 16.9 Å². The standard InChI is InChI=1S/C37H39NO7S/c1-24(43-25(2)40)36(41)38-21-27-7-6-8-31(19-27)28-15-17-30(18-16-28)37-44-32(23-46-35-10-5-4-9-33(35)42-3)20-34(45-37)29-13-11-26(22-39)12-14-29/h4-19,24,32,34,37,39H,20-23H2,1-3H3,(H,38,41)/t24-,32-,34+,37+/m0/s1. The van der Waals surface area contributed by atoms with Gasteiger partial charge < -0.3 is 29.4 Å². The molecule has 8 nitrogen and oxygen atoms in total. The number of carbonyl (C=O) groups is 2. The molecule has 0 unspecified atom stereocenters. The molecule has 1 aliphatic heterocycles. The van der Waals surface area contributed by atoms with Crippen molar-refractivity contribution in [2.75, 3.05) is 12.9 Å². The summed E-state index contributed by atoms with van der Waals surface area (Å²) in [6.45, 7) is 3.14. The fourth-order valence-corrected chi connectivity index (χ4v) is 6.32. The number of hydrogen-bond donors (Lipinski definition) is 2. The van der Waals surface area contributed by atoms with Crippen molar-refractivity contribution in [1.29, 1.82) is 0 Å². The van der Waals surface area contributed by atoms with Crippen molar-refractivity contribution in [3.63, 3.8) is 0 Å². The van der Waals surface area contributed by atoms with Crippen LogP contribution in [0.15, 0.2) is 102 Å². The van der Waals surface area contributed by atoms with E-state index in [1.54, 1.807) is 25.8 Å². The molecule has 1 fully saturated rings. The molecule has 1 amide bonds. The topological polar surface area (TPSA) is 103 Å². The Balaban J connectivity index is 1.29. The summed E-state index contributed by atoms with van der Waals surface area (Å²) in [5.74, 6) is 0.726. The normalized spacial score (nSPS) is 18.4. The average molecular weight is 642 g/mol. The maximum Gasteiger partial charge on any atom is 0.303 e. The summed E-state index contributed by atoms with van der Waals surface area (Å²) in [4.78, 5) is 24.5. The van der Waals surface area contributed by atoms with Gasteiger partial charge in [-0.25, -0.2) is 0 Å². The smallest absolute Gasteiger partial charge is 0.303 e. The van der Waals surface area contributed by atoms with Gasteiger partial charge in [-0.2, -0.15) is 0 Å². The lowest BCUT2D eigenvalue weighted by atomic mass is 9.99. The highest BCUT2D eigenvalue weighted by atomic mass is 32.2. The molecular formula is C37H39NO7S. The third kappa shape index (κ3) is 8.76. The number of thioether (sulfide) groups is 1. The van der Waals surface area contributed by atoms with Crippen LogP contribution in [0.3, 0.4) is 0 Å². The quantitative estimate of drug-likeness (QED) is 0.129. The minimum atomic E-state index is -0.851. The zero-order valence-electron chi connectivity index (χ0n) is 26.2. The number of ether oxygens (including phenoxy) is 4. The van der Waals surface area contributed by atoms with Gasteiger partial charge in [0.25, 0.3) is 5.91 Å².